The standard InChI is InChI=1S/C5H8N2OS/c1-3-4-6-7(2)5(8)9-4/h3H2,1-2H3. The summed E-state index contributed by atoms with van der Waals surface area (Å²) in [5, 5.41) is 4.86. The molecule has 0 radical (unpaired) electrons. The van der Waals surface area contributed by atoms with Crippen LogP contribution in [0.5, 0.6) is 0 Å². The van der Waals surface area contributed by atoms with Crippen LogP contribution in [-0.4, -0.2) is 9.78 Å². The van der Waals surface area contributed by atoms with E-state index in [4.69, 9.17) is 0 Å². The molecular formula is C5H8N2OS. The molecule has 0 aromatic carbocycles. The first-order valence-electron chi connectivity index (χ1n) is 2.77. The van der Waals surface area contributed by atoms with Gasteiger partial charge in [-0.3, -0.25) is 4.79 Å². The summed E-state index contributed by atoms with van der Waals surface area (Å²) in [5.74, 6) is 0. The second-order valence-corrected chi connectivity index (χ2v) is 2.76. The van der Waals surface area contributed by atoms with E-state index in [0.29, 0.717) is 0 Å². The Hall–Kier alpha value is -0.640. The van der Waals surface area contributed by atoms with Crippen molar-refractivity contribution < 1.29 is 0 Å². The summed E-state index contributed by atoms with van der Waals surface area (Å²) in [5.41, 5.74) is 0. The Morgan fingerprint density at radius 1 is 1.78 bits per heavy atom. The molecule has 1 heterocycles. The van der Waals surface area contributed by atoms with E-state index in [2.05, 4.69) is 5.10 Å². The molecule has 0 aliphatic rings. The Kier molecular flexibility index (Phi) is 1.66. The van der Waals surface area contributed by atoms with Crippen molar-refractivity contribution in [1.82, 2.24) is 9.78 Å². The van der Waals surface area contributed by atoms with Crippen LogP contribution in [0.3, 0.4) is 0 Å². The maximum Gasteiger partial charge on any atom is 0.324 e. The molecule has 0 spiro atoms. The van der Waals surface area contributed by atoms with E-state index in [1.54, 1.807) is 7.05 Å². The lowest BCUT2D eigenvalue weighted by atomic mass is 10.5. The zero-order chi connectivity index (χ0) is 6.85. The van der Waals surface area contributed by atoms with Gasteiger partial charge < -0.3 is 0 Å². The van der Waals surface area contributed by atoms with Crippen molar-refractivity contribution in [3.63, 3.8) is 0 Å². The van der Waals surface area contributed by atoms with Gasteiger partial charge in [-0.2, -0.15) is 5.10 Å². The van der Waals surface area contributed by atoms with Crippen molar-refractivity contribution in [3.8, 4) is 0 Å². The second-order valence-electron chi connectivity index (χ2n) is 1.74. The first-order chi connectivity index (χ1) is 4.24. The average molecular weight is 144 g/mol. The third-order valence-corrected chi connectivity index (χ3v) is 2.08. The molecule has 0 N–H and O–H groups in total. The molecular weight excluding hydrogens is 136 g/mol. The lowest BCUT2D eigenvalue weighted by molar-refractivity contribution is 0.723. The zero-order valence-electron chi connectivity index (χ0n) is 5.42. The Labute approximate surface area is 56.9 Å². The Morgan fingerprint density at radius 2 is 2.44 bits per heavy atom. The van der Waals surface area contributed by atoms with E-state index in [9.17, 15) is 4.79 Å². The van der Waals surface area contributed by atoms with Gasteiger partial charge in [-0.05, 0) is 6.42 Å². The molecule has 0 unspecified atom stereocenters. The monoisotopic (exact) mass is 144 g/mol. The molecule has 4 heteroatoms. The van der Waals surface area contributed by atoms with Crippen molar-refractivity contribution in [1.29, 1.82) is 0 Å². The van der Waals surface area contributed by atoms with Crippen molar-refractivity contribution in [2.75, 3.05) is 0 Å². The molecule has 0 fully saturated rings. The van der Waals surface area contributed by atoms with Crippen molar-refractivity contribution >= 4 is 11.3 Å². The van der Waals surface area contributed by atoms with Gasteiger partial charge in [0.2, 0.25) is 0 Å². The van der Waals surface area contributed by atoms with Crippen LogP contribution in [0.4, 0.5) is 0 Å². The normalized spacial score (nSPS) is 10.0. The van der Waals surface area contributed by atoms with Gasteiger partial charge in [0.05, 0.1) is 0 Å². The molecule has 0 amide bonds. The minimum atomic E-state index is 0.0202. The quantitative estimate of drug-likeness (QED) is 0.572. The van der Waals surface area contributed by atoms with E-state index in [-0.39, 0.29) is 4.87 Å². The van der Waals surface area contributed by atoms with Crippen molar-refractivity contribution in [2.24, 2.45) is 7.05 Å². The number of rotatable bonds is 1. The molecule has 0 saturated heterocycles. The smallest absolute Gasteiger partial charge is 0.255 e. The molecule has 3 nitrogen and oxygen atoms in total. The SMILES string of the molecule is CCc1nn(C)c(=O)s1. The van der Waals surface area contributed by atoms with Crippen LogP contribution < -0.4 is 4.87 Å². The molecule has 0 aliphatic carbocycles. The molecule has 0 bridgehead atoms. The summed E-state index contributed by atoms with van der Waals surface area (Å²) >= 11 is 1.21. The van der Waals surface area contributed by atoms with Crippen LogP contribution in [0.25, 0.3) is 0 Å². The highest BCUT2D eigenvalue weighted by molar-refractivity contribution is 7.08. The first-order valence-corrected chi connectivity index (χ1v) is 3.58. The predicted octanol–water partition coefficient (Wildman–Crippen LogP) is 0.404. The summed E-state index contributed by atoms with van der Waals surface area (Å²) in [4.78, 5) is 10.7. The Morgan fingerprint density at radius 3 is 2.67 bits per heavy atom. The summed E-state index contributed by atoms with van der Waals surface area (Å²) < 4.78 is 1.36. The van der Waals surface area contributed by atoms with Gasteiger partial charge in [0.25, 0.3) is 0 Å². The van der Waals surface area contributed by atoms with E-state index in [1.807, 2.05) is 6.92 Å². The maximum atomic E-state index is 10.7. The largest absolute Gasteiger partial charge is 0.324 e. The third-order valence-electron chi connectivity index (χ3n) is 1.03. The zero-order valence-corrected chi connectivity index (χ0v) is 6.23. The third kappa shape index (κ3) is 1.18. The number of aromatic nitrogens is 2. The van der Waals surface area contributed by atoms with Crippen molar-refractivity contribution in [3.05, 3.63) is 14.7 Å². The lowest BCUT2D eigenvalue weighted by Gasteiger charge is -1.80. The van der Waals surface area contributed by atoms with E-state index in [0.717, 1.165) is 11.4 Å². The molecule has 0 saturated carbocycles. The lowest BCUT2D eigenvalue weighted by Crippen LogP contribution is -2.08. The van der Waals surface area contributed by atoms with Gasteiger partial charge in [0.15, 0.2) is 0 Å². The summed E-state index contributed by atoms with van der Waals surface area (Å²) in [6.45, 7) is 1.98. The fourth-order valence-corrected chi connectivity index (χ4v) is 1.22. The minimum absolute atomic E-state index is 0.0202. The van der Waals surface area contributed by atoms with Gasteiger partial charge >= 0.3 is 4.87 Å². The first kappa shape index (κ1) is 6.48. The van der Waals surface area contributed by atoms with Gasteiger partial charge in [0, 0.05) is 7.05 Å². The molecule has 9 heavy (non-hydrogen) atoms. The van der Waals surface area contributed by atoms with E-state index in [1.165, 1.54) is 16.0 Å². The molecule has 1 aromatic heterocycles. The number of nitrogens with zero attached hydrogens (tertiary/aromatic N) is 2. The fraction of sp³-hybridized carbons (Fsp3) is 0.600. The van der Waals surface area contributed by atoms with Crippen LogP contribution in [0, 0.1) is 0 Å². The second kappa shape index (κ2) is 2.31. The molecule has 1 aromatic rings. The molecule has 0 atom stereocenters. The van der Waals surface area contributed by atoms with Crippen molar-refractivity contribution in [2.45, 2.75) is 13.3 Å². The molecule has 0 aliphatic heterocycles. The van der Waals surface area contributed by atoms with Crippen LogP contribution in [0.1, 0.15) is 11.9 Å². The van der Waals surface area contributed by atoms with Gasteiger partial charge in [0.1, 0.15) is 5.01 Å². The topological polar surface area (TPSA) is 34.9 Å². The van der Waals surface area contributed by atoms with Gasteiger partial charge in [-0.25, -0.2) is 4.68 Å². The highest BCUT2D eigenvalue weighted by Gasteiger charge is 1.97. The number of aryl methyl sites for hydroxylation is 2. The molecule has 1 rings (SSSR count). The van der Waals surface area contributed by atoms with Crippen LogP contribution in [0.15, 0.2) is 4.79 Å². The highest BCUT2D eigenvalue weighted by Crippen LogP contribution is 1.96. The van der Waals surface area contributed by atoms with Gasteiger partial charge in [-0.15, -0.1) is 0 Å². The van der Waals surface area contributed by atoms with E-state index >= 15 is 0 Å². The number of hydrogen-bond donors (Lipinski definition) is 0. The summed E-state index contributed by atoms with van der Waals surface area (Å²) in [6.07, 6.45) is 0.848. The maximum absolute atomic E-state index is 10.7. The van der Waals surface area contributed by atoms with Gasteiger partial charge in [-0.1, -0.05) is 18.3 Å². The Balaban J connectivity index is 3.13. The molecule has 50 valence electrons. The fourth-order valence-electron chi connectivity index (χ4n) is 0.538. The highest BCUT2D eigenvalue weighted by atomic mass is 32.1. The van der Waals surface area contributed by atoms with Crippen LogP contribution in [0.2, 0.25) is 0 Å². The van der Waals surface area contributed by atoms with E-state index < -0.39 is 0 Å². The summed E-state index contributed by atoms with van der Waals surface area (Å²) in [6, 6.07) is 0. The predicted molar refractivity (Wildman–Crippen MR) is 36.7 cm³/mol. The van der Waals surface area contributed by atoms with Crippen LogP contribution in [-0.2, 0) is 13.5 Å². The average Bonchev–Trinajstić information content (AvgIpc) is 2.13. The summed E-state index contributed by atoms with van der Waals surface area (Å²) in [7, 11) is 1.66. The minimum Gasteiger partial charge on any atom is -0.255 e. The van der Waals surface area contributed by atoms with Crippen LogP contribution >= 0.6 is 11.3 Å². The number of hydrogen-bond acceptors (Lipinski definition) is 3. The Bertz CT molecular complexity index is 250.